The van der Waals surface area contributed by atoms with Gasteiger partial charge >= 0.3 is 0 Å². The lowest BCUT2D eigenvalue weighted by Crippen LogP contribution is -2.16. The first-order valence-electron chi connectivity index (χ1n) is 6.22. The lowest BCUT2D eigenvalue weighted by Gasteiger charge is -2.13. The second kappa shape index (κ2) is 6.70. The Balaban J connectivity index is 1.94. The molecule has 0 bridgehead atoms. The number of thiophene rings is 1. The minimum absolute atomic E-state index is 0.785. The highest BCUT2D eigenvalue weighted by atomic mass is 79.9. The van der Waals surface area contributed by atoms with Crippen LogP contribution in [0.3, 0.4) is 0 Å². The van der Waals surface area contributed by atoms with Crippen molar-refractivity contribution in [1.82, 2.24) is 10.2 Å². The van der Waals surface area contributed by atoms with E-state index in [0.29, 0.717) is 0 Å². The zero-order valence-corrected chi connectivity index (χ0v) is 13.9. The fourth-order valence-corrected chi connectivity index (χ4v) is 3.56. The third kappa shape index (κ3) is 4.18. The second-order valence-corrected chi connectivity index (χ2v) is 6.66. The molecular formula is C14H19BrN2OS. The highest BCUT2D eigenvalue weighted by Crippen LogP contribution is 2.22. The first kappa shape index (κ1) is 14.8. The van der Waals surface area contributed by atoms with Crippen LogP contribution in [-0.2, 0) is 19.6 Å². The first-order chi connectivity index (χ1) is 9.08. The number of rotatable bonds is 6. The summed E-state index contributed by atoms with van der Waals surface area (Å²) < 4.78 is 7.02. The van der Waals surface area contributed by atoms with E-state index < -0.39 is 0 Å². The number of furan rings is 1. The van der Waals surface area contributed by atoms with E-state index in [1.165, 1.54) is 10.4 Å². The maximum absolute atomic E-state index is 5.86. The lowest BCUT2D eigenvalue weighted by atomic mass is 10.2. The molecule has 3 nitrogen and oxygen atoms in total. The van der Waals surface area contributed by atoms with Crippen LogP contribution in [0, 0.1) is 6.92 Å². The van der Waals surface area contributed by atoms with Gasteiger partial charge in [0.2, 0.25) is 0 Å². The third-order valence-electron chi connectivity index (χ3n) is 2.88. The molecule has 0 spiro atoms. The average Bonchev–Trinajstić information content (AvgIpc) is 2.87. The van der Waals surface area contributed by atoms with Crippen molar-refractivity contribution in [2.75, 3.05) is 14.1 Å². The highest BCUT2D eigenvalue weighted by molar-refractivity contribution is 9.10. The van der Waals surface area contributed by atoms with E-state index in [2.05, 4.69) is 57.6 Å². The van der Waals surface area contributed by atoms with E-state index in [0.717, 1.165) is 35.6 Å². The Hall–Kier alpha value is -0.620. The number of aryl methyl sites for hydroxylation is 1. The molecule has 0 unspecified atom stereocenters. The third-order valence-corrected chi connectivity index (χ3v) is 4.56. The van der Waals surface area contributed by atoms with Gasteiger partial charge in [0.05, 0.1) is 13.1 Å². The van der Waals surface area contributed by atoms with Crippen LogP contribution in [0.2, 0.25) is 0 Å². The molecule has 0 aliphatic heterocycles. The minimum atomic E-state index is 0.785. The molecule has 2 aromatic heterocycles. The van der Waals surface area contributed by atoms with Crippen molar-refractivity contribution >= 4 is 27.3 Å². The van der Waals surface area contributed by atoms with Gasteiger partial charge < -0.3 is 9.73 Å². The molecule has 0 aromatic carbocycles. The quantitative estimate of drug-likeness (QED) is 0.866. The Kier molecular flexibility index (Phi) is 5.21. The Morgan fingerprint density at radius 2 is 2.16 bits per heavy atom. The second-order valence-electron chi connectivity index (χ2n) is 4.75. The van der Waals surface area contributed by atoms with Gasteiger partial charge in [-0.15, -0.1) is 11.3 Å². The molecule has 0 saturated carbocycles. The summed E-state index contributed by atoms with van der Waals surface area (Å²) in [5, 5.41) is 5.24. The molecule has 2 rings (SSSR count). The Morgan fingerprint density at radius 3 is 2.79 bits per heavy atom. The predicted octanol–water partition coefficient (Wildman–Crippen LogP) is 3.76. The summed E-state index contributed by atoms with van der Waals surface area (Å²) in [6, 6.07) is 4.30. The minimum Gasteiger partial charge on any atom is -0.463 e. The molecule has 104 valence electrons. The van der Waals surface area contributed by atoms with Crippen LogP contribution < -0.4 is 5.32 Å². The monoisotopic (exact) mass is 342 g/mol. The van der Waals surface area contributed by atoms with Crippen LogP contribution in [0.4, 0.5) is 0 Å². The van der Waals surface area contributed by atoms with Gasteiger partial charge in [-0.05, 0) is 54.6 Å². The van der Waals surface area contributed by atoms with Crippen molar-refractivity contribution < 1.29 is 4.42 Å². The van der Waals surface area contributed by atoms with Gasteiger partial charge in [0, 0.05) is 21.3 Å². The van der Waals surface area contributed by atoms with E-state index in [1.54, 1.807) is 11.3 Å². The smallest absolute Gasteiger partial charge is 0.120 e. The maximum atomic E-state index is 5.86. The maximum Gasteiger partial charge on any atom is 0.120 e. The summed E-state index contributed by atoms with van der Waals surface area (Å²) in [5.74, 6) is 2.06. The lowest BCUT2D eigenvalue weighted by molar-refractivity contribution is 0.285. The SMILES string of the molecule is CNCc1oc(CN(C)Cc2cc(Br)cs2)cc1C. The van der Waals surface area contributed by atoms with Gasteiger partial charge in [-0.2, -0.15) is 0 Å². The molecule has 0 aliphatic carbocycles. The summed E-state index contributed by atoms with van der Waals surface area (Å²) in [6.07, 6.45) is 0. The molecule has 0 radical (unpaired) electrons. The molecule has 0 amide bonds. The zero-order valence-electron chi connectivity index (χ0n) is 11.5. The van der Waals surface area contributed by atoms with Crippen molar-refractivity contribution in [3.63, 3.8) is 0 Å². The molecule has 5 heteroatoms. The normalized spacial score (nSPS) is 11.4. The van der Waals surface area contributed by atoms with Crippen LogP contribution in [0.15, 0.2) is 26.4 Å². The van der Waals surface area contributed by atoms with Gasteiger partial charge in [-0.25, -0.2) is 0 Å². The van der Waals surface area contributed by atoms with E-state index >= 15 is 0 Å². The van der Waals surface area contributed by atoms with Crippen LogP contribution >= 0.6 is 27.3 Å². The van der Waals surface area contributed by atoms with Crippen LogP contribution in [0.25, 0.3) is 0 Å². The summed E-state index contributed by atoms with van der Waals surface area (Å²) in [5.41, 5.74) is 1.22. The molecule has 2 aromatic rings. The fourth-order valence-electron chi connectivity index (χ4n) is 2.03. The van der Waals surface area contributed by atoms with Crippen LogP contribution in [0.5, 0.6) is 0 Å². The summed E-state index contributed by atoms with van der Waals surface area (Å²) in [4.78, 5) is 3.62. The average molecular weight is 343 g/mol. The molecule has 1 N–H and O–H groups in total. The number of nitrogens with zero attached hydrogens (tertiary/aromatic N) is 1. The largest absolute Gasteiger partial charge is 0.463 e. The van der Waals surface area contributed by atoms with Crippen molar-refractivity contribution in [1.29, 1.82) is 0 Å². The first-order valence-corrected chi connectivity index (χ1v) is 7.90. The number of hydrogen-bond acceptors (Lipinski definition) is 4. The number of hydrogen-bond donors (Lipinski definition) is 1. The number of nitrogens with one attached hydrogen (secondary N) is 1. The van der Waals surface area contributed by atoms with Crippen molar-refractivity contribution in [2.24, 2.45) is 0 Å². The predicted molar refractivity (Wildman–Crippen MR) is 83.4 cm³/mol. The Bertz CT molecular complexity index is 535. The zero-order chi connectivity index (χ0) is 13.8. The van der Waals surface area contributed by atoms with E-state index in [1.807, 2.05) is 7.05 Å². The molecule has 0 atom stereocenters. The summed E-state index contributed by atoms with van der Waals surface area (Å²) in [7, 11) is 4.05. The van der Waals surface area contributed by atoms with Gasteiger partial charge in [-0.3, -0.25) is 4.90 Å². The van der Waals surface area contributed by atoms with Gasteiger partial charge in [0.1, 0.15) is 11.5 Å². The molecule has 0 saturated heterocycles. The molecule has 2 heterocycles. The van der Waals surface area contributed by atoms with Crippen LogP contribution in [0.1, 0.15) is 22.0 Å². The van der Waals surface area contributed by atoms with E-state index in [-0.39, 0.29) is 0 Å². The highest BCUT2D eigenvalue weighted by Gasteiger charge is 2.10. The van der Waals surface area contributed by atoms with Crippen LogP contribution in [-0.4, -0.2) is 19.0 Å². The standard InChI is InChI=1S/C14H19BrN2OS/c1-10-4-12(18-14(10)6-16-2)7-17(3)8-13-5-11(15)9-19-13/h4-5,9,16H,6-8H2,1-3H3. The molecule has 19 heavy (non-hydrogen) atoms. The van der Waals surface area contributed by atoms with Crippen molar-refractivity contribution in [3.05, 3.63) is 43.9 Å². The van der Waals surface area contributed by atoms with Gasteiger partial charge in [0.25, 0.3) is 0 Å². The van der Waals surface area contributed by atoms with E-state index in [9.17, 15) is 0 Å². The fraction of sp³-hybridized carbons (Fsp3) is 0.429. The summed E-state index contributed by atoms with van der Waals surface area (Å²) >= 11 is 5.26. The van der Waals surface area contributed by atoms with Gasteiger partial charge in [0.15, 0.2) is 0 Å². The van der Waals surface area contributed by atoms with Gasteiger partial charge in [-0.1, -0.05) is 0 Å². The number of halogens is 1. The summed E-state index contributed by atoms with van der Waals surface area (Å²) in [6.45, 7) is 4.65. The van der Waals surface area contributed by atoms with Crippen molar-refractivity contribution in [2.45, 2.75) is 26.6 Å². The molecular weight excluding hydrogens is 324 g/mol. The topological polar surface area (TPSA) is 28.4 Å². The van der Waals surface area contributed by atoms with E-state index in [4.69, 9.17) is 4.42 Å². The molecule has 0 fully saturated rings. The Morgan fingerprint density at radius 1 is 1.37 bits per heavy atom. The Labute approximate surface area is 126 Å². The molecule has 0 aliphatic rings. The van der Waals surface area contributed by atoms with Crippen molar-refractivity contribution in [3.8, 4) is 0 Å².